The molecule has 2 N–H and O–H groups in total. The molecule has 1 aliphatic rings. The molecule has 4 heteroatoms. The summed E-state index contributed by atoms with van der Waals surface area (Å²) in [7, 11) is 0. The van der Waals surface area contributed by atoms with Gasteiger partial charge in [0.05, 0.1) is 0 Å². The van der Waals surface area contributed by atoms with Crippen molar-refractivity contribution >= 4 is 0 Å². The summed E-state index contributed by atoms with van der Waals surface area (Å²) in [6.45, 7) is 1.74. The number of halogens is 2. The van der Waals surface area contributed by atoms with Crippen molar-refractivity contribution in [2.75, 3.05) is 0 Å². The number of hydrogen-bond donors (Lipinski definition) is 1. The van der Waals surface area contributed by atoms with Gasteiger partial charge >= 0.3 is 0 Å². The smallest absolute Gasteiger partial charge is 0.272 e. The number of nitrogens with zero attached hydrogens (tertiary/aromatic N) is 1. The molecule has 2 rings (SSSR count). The second kappa shape index (κ2) is 2.26. The predicted octanol–water partition coefficient (Wildman–Crippen LogP) is 1.58. The third-order valence-electron chi connectivity index (χ3n) is 2.53. The van der Waals surface area contributed by atoms with Crippen LogP contribution in [0.15, 0.2) is 18.5 Å². The van der Waals surface area contributed by atoms with Crippen molar-refractivity contribution in [2.45, 2.75) is 24.8 Å². The highest BCUT2D eigenvalue weighted by molar-refractivity contribution is 5.39. The number of nitrogens with two attached hydrogens (primary N) is 1. The maximum absolute atomic E-state index is 12.9. The Hall–Kier alpha value is -1.03. The van der Waals surface area contributed by atoms with Crippen LogP contribution in [-0.4, -0.2) is 10.9 Å². The molecule has 0 amide bonds. The minimum atomic E-state index is -2.75. The van der Waals surface area contributed by atoms with Crippen molar-refractivity contribution in [3.8, 4) is 0 Å². The molecule has 1 atom stereocenters. The van der Waals surface area contributed by atoms with Crippen LogP contribution in [0.4, 0.5) is 8.78 Å². The van der Waals surface area contributed by atoms with Crippen LogP contribution >= 0.6 is 0 Å². The van der Waals surface area contributed by atoms with Crippen LogP contribution in [0.2, 0.25) is 0 Å². The van der Waals surface area contributed by atoms with E-state index < -0.39 is 11.5 Å². The highest BCUT2D eigenvalue weighted by Gasteiger charge is 2.70. The van der Waals surface area contributed by atoms with E-state index in [0.29, 0.717) is 5.56 Å². The van der Waals surface area contributed by atoms with Gasteiger partial charge in [-0.15, -0.1) is 0 Å². The zero-order valence-electron chi connectivity index (χ0n) is 7.22. The molecule has 13 heavy (non-hydrogen) atoms. The van der Waals surface area contributed by atoms with Crippen molar-refractivity contribution in [3.05, 3.63) is 29.6 Å². The minimum absolute atomic E-state index is 0.259. The van der Waals surface area contributed by atoms with Crippen LogP contribution in [0.25, 0.3) is 0 Å². The van der Waals surface area contributed by atoms with Crippen molar-refractivity contribution in [3.63, 3.8) is 0 Å². The highest BCUT2D eigenvalue weighted by atomic mass is 19.3. The zero-order valence-corrected chi connectivity index (χ0v) is 7.22. The largest absolute Gasteiger partial charge is 0.316 e. The van der Waals surface area contributed by atoms with Gasteiger partial charge in [0.1, 0.15) is 5.54 Å². The van der Waals surface area contributed by atoms with E-state index in [1.807, 2.05) is 0 Å². The van der Waals surface area contributed by atoms with Crippen molar-refractivity contribution in [1.82, 2.24) is 4.98 Å². The molecule has 70 valence electrons. The predicted molar refractivity (Wildman–Crippen MR) is 44.4 cm³/mol. The molecule has 2 nitrogen and oxygen atoms in total. The quantitative estimate of drug-likeness (QED) is 0.719. The van der Waals surface area contributed by atoms with Gasteiger partial charge in [-0.25, -0.2) is 8.78 Å². The Balaban J connectivity index is 2.44. The van der Waals surface area contributed by atoms with Crippen LogP contribution in [0.5, 0.6) is 0 Å². The summed E-state index contributed by atoms with van der Waals surface area (Å²) in [6.07, 6.45) is 2.79. The fourth-order valence-electron chi connectivity index (χ4n) is 1.57. The third-order valence-corrected chi connectivity index (χ3v) is 2.53. The Morgan fingerprint density at radius 1 is 1.54 bits per heavy atom. The van der Waals surface area contributed by atoms with Crippen LogP contribution in [0, 0.1) is 6.92 Å². The van der Waals surface area contributed by atoms with E-state index in [2.05, 4.69) is 4.98 Å². The number of aromatic nitrogens is 1. The molecule has 1 heterocycles. The third kappa shape index (κ3) is 1.05. The molecule has 1 aliphatic carbocycles. The van der Waals surface area contributed by atoms with Gasteiger partial charge in [-0.1, -0.05) is 0 Å². The molecule has 0 saturated heterocycles. The van der Waals surface area contributed by atoms with Crippen LogP contribution in [0.3, 0.4) is 0 Å². The first-order chi connectivity index (χ1) is 5.97. The number of hydrogen-bond acceptors (Lipinski definition) is 2. The van der Waals surface area contributed by atoms with Gasteiger partial charge < -0.3 is 5.73 Å². The van der Waals surface area contributed by atoms with E-state index in [1.165, 1.54) is 6.20 Å². The summed E-state index contributed by atoms with van der Waals surface area (Å²) in [5, 5.41) is 0. The van der Waals surface area contributed by atoms with Crippen LogP contribution in [-0.2, 0) is 5.54 Å². The van der Waals surface area contributed by atoms with Gasteiger partial charge in [0.15, 0.2) is 0 Å². The second-order valence-electron chi connectivity index (χ2n) is 3.54. The van der Waals surface area contributed by atoms with Crippen molar-refractivity contribution < 1.29 is 8.78 Å². The first kappa shape index (κ1) is 8.56. The highest BCUT2D eigenvalue weighted by Crippen LogP contribution is 2.57. The molecule has 1 aromatic rings. The molecule has 1 fully saturated rings. The molecule has 1 saturated carbocycles. The summed E-state index contributed by atoms with van der Waals surface area (Å²) in [5.41, 5.74) is 5.36. The van der Waals surface area contributed by atoms with E-state index in [-0.39, 0.29) is 6.42 Å². The monoisotopic (exact) mass is 184 g/mol. The number of pyridine rings is 1. The molecule has 1 aromatic heterocycles. The standard InChI is InChI=1S/C9H10F2N2/c1-6-4-13-3-2-7(6)8(12)5-9(8,10)11/h2-4H,5,12H2,1H3. The van der Waals surface area contributed by atoms with Gasteiger partial charge in [-0.3, -0.25) is 4.98 Å². The van der Waals surface area contributed by atoms with E-state index in [1.54, 1.807) is 19.2 Å². The molecular weight excluding hydrogens is 174 g/mol. The fraction of sp³-hybridized carbons (Fsp3) is 0.444. The Bertz CT molecular complexity index is 351. The van der Waals surface area contributed by atoms with Crippen LogP contribution < -0.4 is 5.73 Å². The zero-order chi connectivity index (χ0) is 9.69. The van der Waals surface area contributed by atoms with E-state index >= 15 is 0 Å². The lowest BCUT2D eigenvalue weighted by molar-refractivity contribution is 0.0889. The lowest BCUT2D eigenvalue weighted by atomic mass is 10.0. The Morgan fingerprint density at radius 3 is 2.62 bits per heavy atom. The second-order valence-corrected chi connectivity index (χ2v) is 3.54. The maximum Gasteiger partial charge on any atom is 0.272 e. The van der Waals surface area contributed by atoms with Gasteiger partial charge in [-0.05, 0) is 24.1 Å². The van der Waals surface area contributed by atoms with Crippen molar-refractivity contribution in [1.29, 1.82) is 0 Å². The lowest BCUT2D eigenvalue weighted by Gasteiger charge is -2.12. The molecule has 0 aliphatic heterocycles. The molecule has 0 radical (unpaired) electrons. The number of aryl methyl sites for hydroxylation is 1. The van der Waals surface area contributed by atoms with Gasteiger partial charge in [0.2, 0.25) is 0 Å². The van der Waals surface area contributed by atoms with Crippen molar-refractivity contribution in [2.24, 2.45) is 5.73 Å². The van der Waals surface area contributed by atoms with E-state index in [4.69, 9.17) is 5.73 Å². The minimum Gasteiger partial charge on any atom is -0.316 e. The number of rotatable bonds is 1. The van der Waals surface area contributed by atoms with E-state index in [0.717, 1.165) is 5.56 Å². The molecule has 0 aromatic carbocycles. The van der Waals surface area contributed by atoms with Crippen LogP contribution in [0.1, 0.15) is 17.5 Å². The van der Waals surface area contributed by atoms with E-state index in [9.17, 15) is 8.78 Å². The summed E-state index contributed by atoms with van der Waals surface area (Å²) in [6, 6.07) is 1.57. The molecule has 0 bridgehead atoms. The summed E-state index contributed by atoms with van der Waals surface area (Å²) in [4.78, 5) is 3.83. The van der Waals surface area contributed by atoms with Gasteiger partial charge in [-0.2, -0.15) is 0 Å². The average Bonchev–Trinajstić information content (AvgIpc) is 2.53. The normalized spacial score (nSPS) is 30.2. The fourth-order valence-corrected chi connectivity index (χ4v) is 1.57. The average molecular weight is 184 g/mol. The topological polar surface area (TPSA) is 38.9 Å². The van der Waals surface area contributed by atoms with Gasteiger partial charge in [0, 0.05) is 18.8 Å². The molecule has 1 unspecified atom stereocenters. The van der Waals surface area contributed by atoms with Gasteiger partial charge in [0.25, 0.3) is 5.92 Å². The molecule has 0 spiro atoms. The molecular formula is C9H10F2N2. The SMILES string of the molecule is Cc1cnccc1C1(N)CC1(F)F. The Kier molecular flexibility index (Phi) is 1.49. The first-order valence-electron chi connectivity index (χ1n) is 4.05. The first-order valence-corrected chi connectivity index (χ1v) is 4.05. The Morgan fingerprint density at radius 2 is 2.15 bits per heavy atom. The summed E-state index contributed by atoms with van der Waals surface area (Å²) >= 11 is 0. The summed E-state index contributed by atoms with van der Waals surface area (Å²) < 4.78 is 25.8. The Labute approximate surface area is 74.8 Å². The summed E-state index contributed by atoms with van der Waals surface area (Å²) in [5.74, 6) is -2.75. The number of alkyl halides is 2. The maximum atomic E-state index is 12.9. The lowest BCUT2D eigenvalue weighted by Crippen LogP contribution is -2.28.